The SMILES string of the molecule is CN(C)S(=O)(=O)c1cccc(NC(=O)Cc2c(Cl)cccc2Cl)c1. The van der Waals surface area contributed by atoms with Crippen LogP contribution in [-0.2, 0) is 21.2 Å². The monoisotopic (exact) mass is 386 g/mol. The topological polar surface area (TPSA) is 66.5 Å². The zero-order valence-corrected chi connectivity index (χ0v) is 15.4. The van der Waals surface area contributed by atoms with Crippen LogP contribution in [0.15, 0.2) is 47.4 Å². The molecular weight excluding hydrogens is 371 g/mol. The van der Waals surface area contributed by atoms with Crippen molar-refractivity contribution in [2.75, 3.05) is 19.4 Å². The summed E-state index contributed by atoms with van der Waals surface area (Å²) < 4.78 is 25.4. The molecule has 0 fully saturated rings. The lowest BCUT2D eigenvalue weighted by atomic mass is 10.1. The van der Waals surface area contributed by atoms with Gasteiger partial charge in [-0.3, -0.25) is 4.79 Å². The van der Waals surface area contributed by atoms with E-state index in [-0.39, 0.29) is 17.2 Å². The summed E-state index contributed by atoms with van der Waals surface area (Å²) in [5.41, 5.74) is 0.904. The lowest BCUT2D eigenvalue weighted by molar-refractivity contribution is -0.115. The first-order valence-electron chi connectivity index (χ1n) is 6.97. The molecule has 5 nitrogen and oxygen atoms in total. The van der Waals surface area contributed by atoms with Crippen molar-refractivity contribution in [1.29, 1.82) is 0 Å². The maximum atomic E-state index is 12.2. The summed E-state index contributed by atoms with van der Waals surface area (Å²) in [7, 11) is -0.679. The molecule has 2 aromatic rings. The van der Waals surface area contributed by atoms with Gasteiger partial charge in [0, 0.05) is 29.8 Å². The molecule has 1 N–H and O–H groups in total. The van der Waals surface area contributed by atoms with E-state index in [4.69, 9.17) is 23.2 Å². The summed E-state index contributed by atoms with van der Waals surface area (Å²) >= 11 is 12.1. The molecule has 0 bridgehead atoms. The second-order valence-corrected chi connectivity index (χ2v) is 8.21. The third-order valence-electron chi connectivity index (χ3n) is 3.30. The maximum absolute atomic E-state index is 12.2. The molecule has 2 aromatic carbocycles. The van der Waals surface area contributed by atoms with Gasteiger partial charge in [-0.25, -0.2) is 12.7 Å². The van der Waals surface area contributed by atoms with Crippen LogP contribution in [0.4, 0.5) is 5.69 Å². The third-order valence-corrected chi connectivity index (χ3v) is 5.81. The molecule has 128 valence electrons. The van der Waals surface area contributed by atoms with Gasteiger partial charge in [0.15, 0.2) is 0 Å². The van der Waals surface area contributed by atoms with Gasteiger partial charge in [-0.2, -0.15) is 0 Å². The van der Waals surface area contributed by atoms with Crippen molar-refractivity contribution in [2.45, 2.75) is 11.3 Å². The summed E-state index contributed by atoms with van der Waals surface area (Å²) in [6, 6.07) is 11.1. The lowest BCUT2D eigenvalue weighted by Crippen LogP contribution is -2.22. The number of carbonyl (C=O) groups is 1. The molecule has 24 heavy (non-hydrogen) atoms. The number of nitrogens with one attached hydrogen (secondary N) is 1. The van der Waals surface area contributed by atoms with Gasteiger partial charge in [0.25, 0.3) is 0 Å². The minimum Gasteiger partial charge on any atom is -0.326 e. The third kappa shape index (κ3) is 4.27. The summed E-state index contributed by atoms with van der Waals surface area (Å²) in [4.78, 5) is 12.3. The van der Waals surface area contributed by atoms with Crippen molar-refractivity contribution >= 4 is 44.8 Å². The number of anilines is 1. The van der Waals surface area contributed by atoms with E-state index in [0.717, 1.165) is 4.31 Å². The van der Waals surface area contributed by atoms with Gasteiger partial charge in [0.05, 0.1) is 11.3 Å². The summed E-state index contributed by atoms with van der Waals surface area (Å²) in [5, 5.41) is 3.47. The van der Waals surface area contributed by atoms with Crippen LogP contribution in [0, 0.1) is 0 Å². The van der Waals surface area contributed by atoms with E-state index in [1.165, 1.54) is 26.2 Å². The first kappa shape index (κ1) is 18.7. The van der Waals surface area contributed by atoms with E-state index in [2.05, 4.69) is 5.32 Å². The number of hydrogen-bond donors (Lipinski definition) is 1. The second-order valence-electron chi connectivity index (χ2n) is 5.24. The summed E-state index contributed by atoms with van der Waals surface area (Å²) in [6.07, 6.45) is -0.0107. The van der Waals surface area contributed by atoms with Crippen LogP contribution >= 0.6 is 23.2 Å². The molecule has 0 aliphatic heterocycles. The van der Waals surface area contributed by atoms with E-state index in [1.807, 2.05) is 0 Å². The van der Waals surface area contributed by atoms with E-state index < -0.39 is 10.0 Å². The molecule has 0 aliphatic rings. The molecule has 0 atom stereocenters. The number of benzene rings is 2. The fourth-order valence-electron chi connectivity index (χ4n) is 2.01. The Labute approximate surface area is 151 Å². The molecule has 0 aromatic heterocycles. The Morgan fingerprint density at radius 1 is 1.08 bits per heavy atom. The van der Waals surface area contributed by atoms with Crippen molar-refractivity contribution < 1.29 is 13.2 Å². The summed E-state index contributed by atoms with van der Waals surface area (Å²) in [6.45, 7) is 0. The van der Waals surface area contributed by atoms with Gasteiger partial charge in [0.1, 0.15) is 0 Å². The Morgan fingerprint density at radius 3 is 2.25 bits per heavy atom. The Morgan fingerprint density at radius 2 is 1.67 bits per heavy atom. The maximum Gasteiger partial charge on any atom is 0.242 e. The van der Waals surface area contributed by atoms with Crippen molar-refractivity contribution in [3.63, 3.8) is 0 Å². The van der Waals surface area contributed by atoms with Crippen LogP contribution in [0.2, 0.25) is 10.0 Å². The van der Waals surface area contributed by atoms with Crippen molar-refractivity contribution in [3.05, 3.63) is 58.1 Å². The lowest BCUT2D eigenvalue weighted by Gasteiger charge is -2.13. The first-order chi connectivity index (χ1) is 11.2. The van der Waals surface area contributed by atoms with Crippen LogP contribution in [0.1, 0.15) is 5.56 Å². The fraction of sp³-hybridized carbons (Fsp3) is 0.188. The number of hydrogen-bond acceptors (Lipinski definition) is 3. The van der Waals surface area contributed by atoms with Crippen LogP contribution in [-0.4, -0.2) is 32.7 Å². The van der Waals surface area contributed by atoms with Gasteiger partial charge >= 0.3 is 0 Å². The minimum absolute atomic E-state index is 0.0107. The highest BCUT2D eigenvalue weighted by Crippen LogP contribution is 2.25. The molecule has 0 unspecified atom stereocenters. The molecule has 0 saturated heterocycles. The molecule has 2 rings (SSSR count). The van der Waals surface area contributed by atoms with Gasteiger partial charge < -0.3 is 5.32 Å². The molecule has 0 heterocycles. The van der Waals surface area contributed by atoms with Crippen molar-refractivity contribution in [1.82, 2.24) is 4.31 Å². The molecule has 8 heteroatoms. The standard InChI is InChI=1S/C16H16Cl2N2O3S/c1-20(2)24(22,23)12-6-3-5-11(9-12)19-16(21)10-13-14(17)7-4-8-15(13)18/h3-9H,10H2,1-2H3,(H,19,21). The number of halogens is 2. The highest BCUT2D eigenvalue weighted by molar-refractivity contribution is 7.89. The van der Waals surface area contributed by atoms with Crippen molar-refractivity contribution in [3.8, 4) is 0 Å². The average Bonchev–Trinajstić information content (AvgIpc) is 2.51. The predicted molar refractivity (Wildman–Crippen MR) is 96.1 cm³/mol. The Kier molecular flexibility index (Phi) is 5.87. The number of carbonyl (C=O) groups excluding carboxylic acids is 1. The number of sulfonamides is 1. The van der Waals surface area contributed by atoms with E-state index in [1.54, 1.807) is 30.3 Å². The van der Waals surface area contributed by atoms with Crippen LogP contribution < -0.4 is 5.32 Å². The van der Waals surface area contributed by atoms with Crippen LogP contribution in [0.3, 0.4) is 0 Å². The zero-order valence-electron chi connectivity index (χ0n) is 13.1. The Balaban J connectivity index is 2.19. The predicted octanol–water partition coefficient (Wildman–Crippen LogP) is 3.42. The Hall–Kier alpha value is -1.60. The average molecular weight is 387 g/mol. The minimum atomic E-state index is -3.57. The largest absolute Gasteiger partial charge is 0.326 e. The van der Waals surface area contributed by atoms with E-state index in [9.17, 15) is 13.2 Å². The smallest absolute Gasteiger partial charge is 0.242 e. The van der Waals surface area contributed by atoms with Gasteiger partial charge in [-0.1, -0.05) is 35.3 Å². The molecule has 1 amide bonds. The molecule has 0 spiro atoms. The van der Waals surface area contributed by atoms with Crippen molar-refractivity contribution in [2.24, 2.45) is 0 Å². The van der Waals surface area contributed by atoms with Gasteiger partial charge in [-0.15, -0.1) is 0 Å². The highest BCUT2D eigenvalue weighted by Gasteiger charge is 2.18. The normalized spacial score (nSPS) is 11.5. The molecule has 0 aliphatic carbocycles. The molecule has 0 saturated carbocycles. The highest BCUT2D eigenvalue weighted by atomic mass is 35.5. The van der Waals surface area contributed by atoms with Crippen LogP contribution in [0.25, 0.3) is 0 Å². The van der Waals surface area contributed by atoms with Gasteiger partial charge in [0.2, 0.25) is 15.9 Å². The number of rotatable bonds is 5. The quantitative estimate of drug-likeness (QED) is 0.855. The van der Waals surface area contributed by atoms with E-state index >= 15 is 0 Å². The Bertz CT molecular complexity index is 847. The second kappa shape index (κ2) is 7.53. The van der Waals surface area contributed by atoms with Gasteiger partial charge in [-0.05, 0) is 35.9 Å². The molecule has 0 radical (unpaired) electrons. The first-order valence-corrected chi connectivity index (χ1v) is 9.17. The van der Waals surface area contributed by atoms with Crippen LogP contribution in [0.5, 0.6) is 0 Å². The zero-order chi connectivity index (χ0) is 17.9. The summed E-state index contributed by atoms with van der Waals surface area (Å²) in [5.74, 6) is -0.343. The van der Waals surface area contributed by atoms with E-state index in [0.29, 0.717) is 21.3 Å². The number of nitrogens with zero attached hydrogens (tertiary/aromatic N) is 1. The molecular formula is C16H16Cl2N2O3S. The fourth-order valence-corrected chi connectivity index (χ4v) is 3.49. The number of amides is 1.